The molecule has 0 fully saturated rings. The quantitative estimate of drug-likeness (QED) is 0.419. The molecule has 3 aromatic carbocycles. The van der Waals surface area contributed by atoms with Crippen LogP contribution >= 0.6 is 0 Å². The molecule has 1 nitrogen and oxygen atoms in total. The lowest BCUT2D eigenvalue weighted by Crippen LogP contribution is -1.88. The average molecular weight is 245 g/mol. The van der Waals surface area contributed by atoms with Crippen molar-refractivity contribution in [2.45, 2.75) is 6.92 Å². The molecule has 0 amide bonds. The van der Waals surface area contributed by atoms with Crippen molar-refractivity contribution in [2.24, 2.45) is 7.05 Å². The Bertz CT molecular complexity index is 929. The van der Waals surface area contributed by atoms with E-state index in [4.69, 9.17) is 0 Å². The summed E-state index contributed by atoms with van der Waals surface area (Å²) in [5.41, 5.74) is 4.00. The molecule has 0 unspecified atom stereocenters. The van der Waals surface area contributed by atoms with Crippen molar-refractivity contribution in [3.05, 3.63) is 60.2 Å². The average Bonchev–Trinajstić information content (AvgIpc) is 2.74. The molecule has 0 radical (unpaired) electrons. The highest BCUT2D eigenvalue weighted by molar-refractivity contribution is 6.19. The van der Waals surface area contributed by atoms with Gasteiger partial charge in [-0.3, -0.25) is 0 Å². The molecule has 0 N–H and O–H groups in total. The number of fused-ring (bicyclic) bond motifs is 5. The van der Waals surface area contributed by atoms with Crippen LogP contribution in [0.4, 0.5) is 0 Å². The number of aryl methyl sites for hydroxylation is 2. The zero-order valence-corrected chi connectivity index (χ0v) is 11.1. The minimum absolute atomic E-state index is 1.30. The SMILES string of the molecule is Cc1cc2ccccc2c2c1c1ccccc1n2C. The standard InChI is InChI=1S/C18H15N/c1-12-11-13-7-3-4-8-14(13)18-17(12)15-9-5-6-10-16(15)19(18)2/h3-11H,1-2H3. The first-order valence-electron chi connectivity index (χ1n) is 6.63. The Morgan fingerprint density at radius 2 is 1.53 bits per heavy atom. The molecule has 0 aliphatic heterocycles. The predicted molar refractivity (Wildman–Crippen MR) is 82.7 cm³/mol. The summed E-state index contributed by atoms with van der Waals surface area (Å²) in [5, 5.41) is 5.39. The summed E-state index contributed by atoms with van der Waals surface area (Å²) in [6, 6.07) is 19.6. The van der Waals surface area contributed by atoms with Gasteiger partial charge >= 0.3 is 0 Å². The van der Waals surface area contributed by atoms with Gasteiger partial charge < -0.3 is 4.57 Å². The smallest absolute Gasteiger partial charge is 0.0571 e. The Kier molecular flexibility index (Phi) is 2.02. The molecule has 0 aliphatic rings. The molecule has 0 saturated carbocycles. The van der Waals surface area contributed by atoms with Crippen LogP contribution in [0, 0.1) is 6.92 Å². The third kappa shape index (κ3) is 1.30. The minimum atomic E-state index is 1.30. The van der Waals surface area contributed by atoms with Crippen molar-refractivity contribution < 1.29 is 0 Å². The van der Waals surface area contributed by atoms with E-state index in [1.807, 2.05) is 0 Å². The monoisotopic (exact) mass is 245 g/mol. The first kappa shape index (κ1) is 10.6. The summed E-state index contributed by atoms with van der Waals surface area (Å²) in [6.45, 7) is 2.21. The number of rotatable bonds is 0. The molecule has 0 spiro atoms. The fourth-order valence-electron chi connectivity index (χ4n) is 3.25. The number of aromatic nitrogens is 1. The predicted octanol–water partition coefficient (Wildman–Crippen LogP) is 4.79. The normalized spacial score (nSPS) is 11.7. The lowest BCUT2D eigenvalue weighted by Gasteiger charge is -2.05. The molecule has 0 bridgehead atoms. The second-order valence-corrected chi connectivity index (χ2v) is 5.21. The van der Waals surface area contributed by atoms with E-state index < -0.39 is 0 Å². The second-order valence-electron chi connectivity index (χ2n) is 5.21. The van der Waals surface area contributed by atoms with Crippen LogP contribution in [-0.2, 0) is 7.05 Å². The van der Waals surface area contributed by atoms with Crippen molar-refractivity contribution in [1.82, 2.24) is 4.57 Å². The molecule has 19 heavy (non-hydrogen) atoms. The van der Waals surface area contributed by atoms with E-state index in [1.165, 1.54) is 38.1 Å². The number of benzene rings is 3. The van der Waals surface area contributed by atoms with E-state index in [2.05, 4.69) is 73.1 Å². The van der Waals surface area contributed by atoms with E-state index in [0.717, 1.165) is 0 Å². The van der Waals surface area contributed by atoms with Gasteiger partial charge in [0.05, 0.1) is 5.52 Å². The molecule has 0 saturated heterocycles. The van der Waals surface area contributed by atoms with Crippen LogP contribution in [0.25, 0.3) is 32.6 Å². The third-order valence-electron chi connectivity index (χ3n) is 4.09. The van der Waals surface area contributed by atoms with Crippen LogP contribution in [0.2, 0.25) is 0 Å². The maximum absolute atomic E-state index is 2.32. The van der Waals surface area contributed by atoms with E-state index in [9.17, 15) is 0 Å². The Morgan fingerprint density at radius 3 is 2.37 bits per heavy atom. The maximum atomic E-state index is 2.32. The van der Waals surface area contributed by atoms with Gasteiger partial charge in [0.15, 0.2) is 0 Å². The molecule has 0 aliphatic carbocycles. The molecule has 0 atom stereocenters. The molecular weight excluding hydrogens is 230 g/mol. The van der Waals surface area contributed by atoms with Gasteiger partial charge in [0.25, 0.3) is 0 Å². The number of hydrogen-bond acceptors (Lipinski definition) is 0. The summed E-state index contributed by atoms with van der Waals surface area (Å²) < 4.78 is 2.32. The Morgan fingerprint density at radius 1 is 0.842 bits per heavy atom. The summed E-state index contributed by atoms with van der Waals surface area (Å²) in [4.78, 5) is 0. The van der Waals surface area contributed by atoms with Gasteiger partial charge in [-0.2, -0.15) is 0 Å². The summed E-state index contributed by atoms with van der Waals surface area (Å²) in [6.07, 6.45) is 0. The number of hydrogen-bond donors (Lipinski definition) is 0. The number of para-hydroxylation sites is 1. The van der Waals surface area contributed by atoms with Gasteiger partial charge in [0.1, 0.15) is 0 Å². The topological polar surface area (TPSA) is 4.93 Å². The fourth-order valence-corrected chi connectivity index (χ4v) is 3.25. The zero-order valence-electron chi connectivity index (χ0n) is 11.1. The Hall–Kier alpha value is -2.28. The summed E-state index contributed by atoms with van der Waals surface area (Å²) in [5.74, 6) is 0. The van der Waals surface area contributed by atoms with Gasteiger partial charge in [0, 0.05) is 28.7 Å². The summed E-state index contributed by atoms with van der Waals surface area (Å²) >= 11 is 0. The van der Waals surface area contributed by atoms with Crippen LogP contribution in [0.5, 0.6) is 0 Å². The van der Waals surface area contributed by atoms with Crippen LogP contribution in [0.15, 0.2) is 54.6 Å². The molecular formula is C18H15N. The Labute approximate surface area is 112 Å². The minimum Gasteiger partial charge on any atom is -0.343 e. The van der Waals surface area contributed by atoms with E-state index in [1.54, 1.807) is 0 Å². The van der Waals surface area contributed by atoms with Crippen molar-refractivity contribution in [3.8, 4) is 0 Å². The number of nitrogens with zero attached hydrogens (tertiary/aromatic N) is 1. The van der Waals surface area contributed by atoms with Crippen LogP contribution in [0.1, 0.15) is 5.56 Å². The van der Waals surface area contributed by atoms with Gasteiger partial charge in [0.2, 0.25) is 0 Å². The van der Waals surface area contributed by atoms with Gasteiger partial charge in [-0.1, -0.05) is 48.5 Å². The highest BCUT2D eigenvalue weighted by Crippen LogP contribution is 2.35. The van der Waals surface area contributed by atoms with Crippen LogP contribution in [-0.4, -0.2) is 4.57 Å². The maximum Gasteiger partial charge on any atom is 0.0571 e. The first-order chi connectivity index (χ1) is 9.27. The van der Waals surface area contributed by atoms with Crippen LogP contribution in [0.3, 0.4) is 0 Å². The van der Waals surface area contributed by atoms with E-state index in [0.29, 0.717) is 0 Å². The van der Waals surface area contributed by atoms with Gasteiger partial charge in [-0.05, 0) is 23.9 Å². The fraction of sp³-hybridized carbons (Fsp3) is 0.111. The van der Waals surface area contributed by atoms with Gasteiger partial charge in [-0.15, -0.1) is 0 Å². The highest BCUT2D eigenvalue weighted by Gasteiger charge is 2.12. The van der Waals surface area contributed by atoms with Crippen molar-refractivity contribution in [3.63, 3.8) is 0 Å². The van der Waals surface area contributed by atoms with Crippen molar-refractivity contribution in [1.29, 1.82) is 0 Å². The van der Waals surface area contributed by atoms with E-state index in [-0.39, 0.29) is 0 Å². The third-order valence-corrected chi connectivity index (χ3v) is 4.09. The highest BCUT2D eigenvalue weighted by atomic mass is 14.9. The molecule has 4 aromatic rings. The molecule has 1 heterocycles. The molecule has 1 heteroatoms. The second kappa shape index (κ2) is 3.61. The molecule has 92 valence electrons. The summed E-state index contributed by atoms with van der Waals surface area (Å²) in [7, 11) is 2.16. The largest absolute Gasteiger partial charge is 0.343 e. The Balaban J connectivity index is 2.43. The van der Waals surface area contributed by atoms with Crippen molar-refractivity contribution >= 4 is 32.6 Å². The van der Waals surface area contributed by atoms with Crippen molar-refractivity contribution in [2.75, 3.05) is 0 Å². The molecule has 1 aromatic heterocycles. The van der Waals surface area contributed by atoms with Crippen LogP contribution < -0.4 is 0 Å². The lowest BCUT2D eigenvalue weighted by molar-refractivity contribution is 1.02. The zero-order chi connectivity index (χ0) is 13.0. The van der Waals surface area contributed by atoms with E-state index >= 15 is 0 Å². The lowest BCUT2D eigenvalue weighted by atomic mass is 10.0. The molecule has 4 rings (SSSR count). The first-order valence-corrected chi connectivity index (χ1v) is 6.63. The van der Waals surface area contributed by atoms with Gasteiger partial charge in [-0.25, -0.2) is 0 Å².